The second-order valence-corrected chi connectivity index (χ2v) is 11.8. The summed E-state index contributed by atoms with van der Waals surface area (Å²) in [4.78, 5) is 27.3. The third-order valence-electron chi connectivity index (χ3n) is 5.96. The maximum absolute atomic E-state index is 13.6. The number of carboxylic acid groups (broad SMARTS) is 2. The van der Waals surface area contributed by atoms with Crippen LogP contribution >= 0.6 is 50.5 Å². The Morgan fingerprint density at radius 1 is 0.956 bits per heavy atom. The summed E-state index contributed by atoms with van der Waals surface area (Å²) in [5, 5.41) is 23.9. The van der Waals surface area contributed by atoms with E-state index in [1.54, 1.807) is 53.2 Å². The summed E-state index contributed by atoms with van der Waals surface area (Å²) in [6, 6.07) is 22.2. The van der Waals surface area contributed by atoms with Crippen LogP contribution in [0.25, 0.3) is 10.6 Å². The van der Waals surface area contributed by atoms with E-state index in [0.29, 0.717) is 48.2 Å². The van der Waals surface area contributed by atoms with Gasteiger partial charge in [-0.1, -0.05) is 58.8 Å². The van der Waals surface area contributed by atoms with Gasteiger partial charge in [-0.25, -0.2) is 19.3 Å². The van der Waals surface area contributed by atoms with E-state index in [-0.39, 0.29) is 22.3 Å². The van der Waals surface area contributed by atoms with Crippen LogP contribution in [0.15, 0.2) is 94.4 Å². The van der Waals surface area contributed by atoms with Gasteiger partial charge < -0.3 is 19.7 Å². The van der Waals surface area contributed by atoms with Crippen molar-refractivity contribution in [2.24, 2.45) is 4.99 Å². The fourth-order valence-electron chi connectivity index (χ4n) is 3.88. The number of benzene rings is 4. The van der Waals surface area contributed by atoms with Gasteiger partial charge in [-0.15, -0.1) is 0 Å². The lowest BCUT2D eigenvalue weighted by molar-refractivity contribution is -0.211. The fourth-order valence-corrected chi connectivity index (χ4v) is 5.60. The molecule has 0 atom stereocenters. The van der Waals surface area contributed by atoms with Gasteiger partial charge in [-0.3, -0.25) is 0 Å². The highest BCUT2D eigenvalue weighted by Crippen LogP contribution is 2.32. The van der Waals surface area contributed by atoms with Gasteiger partial charge in [-0.05, 0) is 82.2 Å². The van der Waals surface area contributed by atoms with E-state index >= 15 is 0 Å². The molecule has 5 rings (SSSR count). The Morgan fingerprint density at radius 3 is 2.38 bits per heavy atom. The highest BCUT2D eigenvalue weighted by Gasteiger charge is 2.42. The Balaban J connectivity index is 1.50. The van der Waals surface area contributed by atoms with Gasteiger partial charge in [0.25, 0.3) is 0 Å². The normalized spacial score (nSPS) is 11.8. The van der Waals surface area contributed by atoms with Crippen molar-refractivity contribution in [1.82, 2.24) is 9.78 Å². The summed E-state index contributed by atoms with van der Waals surface area (Å²) in [7, 11) is 0. The molecule has 0 unspecified atom stereocenters. The minimum atomic E-state index is -4.41. The molecule has 0 radical (unpaired) electrons. The summed E-state index contributed by atoms with van der Waals surface area (Å²) in [6.07, 6.45) is -4.41. The molecule has 15 heteroatoms. The van der Waals surface area contributed by atoms with Gasteiger partial charge in [0.1, 0.15) is 22.3 Å². The number of aromatic nitrogens is 2. The lowest BCUT2D eigenvalue weighted by Gasteiger charge is -2.15. The Hall–Kier alpha value is -4.30. The van der Waals surface area contributed by atoms with Crippen molar-refractivity contribution in [3.8, 4) is 27.8 Å². The number of carbonyl (C=O) groups is 2. The van der Waals surface area contributed by atoms with E-state index in [4.69, 9.17) is 43.1 Å². The fraction of sp³-hybridized carbons (Fsp3) is 0.0667. The summed E-state index contributed by atoms with van der Waals surface area (Å²) in [6.45, 7) is 0.142. The largest absolute Gasteiger partial charge is 0.501 e. The number of aliphatic carboxylic acids is 1. The SMILES string of the molecule is O=C(O)c1cccc(Oc2cccc(-c3nn(Cc4ccc(OC(F)(F)C(=O)O)c(Br)c4)/c(=N\c4ccc(Cl)c(Cl)c4)s3)c2)c1. The lowest BCUT2D eigenvalue weighted by atomic mass is 10.2. The average Bonchev–Trinajstić information content (AvgIpc) is 3.38. The third kappa shape index (κ3) is 7.87. The Morgan fingerprint density at radius 2 is 1.69 bits per heavy atom. The van der Waals surface area contributed by atoms with Crippen LogP contribution in [0.5, 0.6) is 17.2 Å². The number of ether oxygens (including phenoxy) is 2. The molecule has 0 aliphatic heterocycles. The average molecular weight is 737 g/mol. The monoisotopic (exact) mass is 735 g/mol. The van der Waals surface area contributed by atoms with Crippen molar-refractivity contribution >= 4 is 68.1 Å². The smallest absolute Gasteiger partial charge is 0.478 e. The van der Waals surface area contributed by atoms with Crippen molar-refractivity contribution in [3.63, 3.8) is 0 Å². The van der Waals surface area contributed by atoms with Crippen molar-refractivity contribution in [2.75, 3.05) is 0 Å². The molecule has 0 aliphatic rings. The first-order chi connectivity index (χ1) is 21.4. The molecule has 2 N–H and O–H groups in total. The molecule has 0 amide bonds. The first-order valence-corrected chi connectivity index (χ1v) is 15.0. The maximum Gasteiger partial charge on any atom is 0.501 e. The summed E-state index contributed by atoms with van der Waals surface area (Å²) in [5.74, 6) is -3.07. The van der Waals surface area contributed by atoms with Gasteiger partial charge in [0, 0.05) is 5.56 Å². The van der Waals surface area contributed by atoms with Crippen molar-refractivity contribution in [1.29, 1.82) is 0 Å². The highest BCUT2D eigenvalue weighted by atomic mass is 79.9. The van der Waals surface area contributed by atoms with E-state index in [2.05, 4.69) is 20.7 Å². The molecule has 9 nitrogen and oxygen atoms in total. The Kier molecular flexibility index (Phi) is 9.53. The second kappa shape index (κ2) is 13.4. The van der Waals surface area contributed by atoms with Crippen molar-refractivity contribution in [3.05, 3.63) is 115 Å². The number of hydrogen-bond donors (Lipinski definition) is 2. The van der Waals surface area contributed by atoms with Crippen LogP contribution in [0.1, 0.15) is 15.9 Å². The molecule has 0 spiro atoms. The van der Waals surface area contributed by atoms with Gasteiger partial charge >= 0.3 is 18.0 Å². The molecule has 1 aromatic heterocycles. The number of alkyl halides is 2. The van der Waals surface area contributed by atoms with Crippen molar-refractivity contribution < 1.29 is 38.1 Å². The zero-order valence-electron chi connectivity index (χ0n) is 22.5. The molecule has 45 heavy (non-hydrogen) atoms. The zero-order chi connectivity index (χ0) is 32.3. The second-order valence-electron chi connectivity index (χ2n) is 9.21. The van der Waals surface area contributed by atoms with Crippen LogP contribution < -0.4 is 14.3 Å². The molecular weight excluding hydrogens is 719 g/mol. The summed E-state index contributed by atoms with van der Waals surface area (Å²) < 4.78 is 39.2. The van der Waals surface area contributed by atoms with Crippen LogP contribution in [0.2, 0.25) is 10.0 Å². The predicted molar refractivity (Wildman–Crippen MR) is 167 cm³/mol. The van der Waals surface area contributed by atoms with Crippen LogP contribution in [0, 0.1) is 0 Å². The number of hydrogen-bond acceptors (Lipinski definition) is 7. The van der Waals surface area contributed by atoms with Gasteiger partial charge in [0.15, 0.2) is 0 Å². The van der Waals surface area contributed by atoms with Crippen LogP contribution in [0.3, 0.4) is 0 Å². The number of aromatic carboxylic acids is 1. The third-order valence-corrected chi connectivity index (χ3v) is 8.32. The first kappa shape index (κ1) is 32.1. The first-order valence-electron chi connectivity index (χ1n) is 12.7. The lowest BCUT2D eigenvalue weighted by Crippen LogP contribution is -2.34. The topological polar surface area (TPSA) is 123 Å². The Bertz CT molecular complexity index is 2000. The number of halogens is 5. The maximum atomic E-state index is 13.6. The van der Waals surface area contributed by atoms with E-state index in [9.17, 15) is 23.5 Å². The van der Waals surface area contributed by atoms with Crippen LogP contribution in [0.4, 0.5) is 14.5 Å². The van der Waals surface area contributed by atoms with E-state index in [1.165, 1.54) is 41.7 Å². The van der Waals surface area contributed by atoms with E-state index in [1.807, 2.05) is 6.07 Å². The van der Waals surface area contributed by atoms with Crippen LogP contribution in [-0.2, 0) is 11.3 Å². The molecule has 5 aromatic rings. The molecule has 0 saturated carbocycles. The number of nitrogens with zero attached hydrogens (tertiary/aromatic N) is 3. The number of rotatable bonds is 10. The predicted octanol–water partition coefficient (Wildman–Crippen LogP) is 8.51. The molecule has 4 aromatic carbocycles. The van der Waals surface area contributed by atoms with Crippen LogP contribution in [-0.4, -0.2) is 38.0 Å². The standard InChI is InChI=1S/C30H18BrCl2F2N3O6S/c31-22-11-16(7-10-25(22)44-30(34,35)28(41)42)15-38-29(36-19-8-9-23(32)24(33)14-19)45-26(37-38)17-3-1-5-20(12-17)43-21-6-2-4-18(13-21)27(39)40/h1-14H,15H2,(H,39,40)(H,41,42)/b36-29+. The summed E-state index contributed by atoms with van der Waals surface area (Å²) >= 11 is 16.7. The minimum Gasteiger partial charge on any atom is -0.478 e. The highest BCUT2D eigenvalue weighted by molar-refractivity contribution is 9.10. The molecule has 0 saturated heterocycles. The Labute approximate surface area is 275 Å². The van der Waals surface area contributed by atoms with Gasteiger partial charge in [0.2, 0.25) is 4.80 Å². The molecule has 0 fully saturated rings. The number of carboxylic acids is 2. The zero-order valence-corrected chi connectivity index (χ0v) is 26.4. The minimum absolute atomic E-state index is 0.0833. The molecule has 230 valence electrons. The van der Waals surface area contributed by atoms with Gasteiger partial charge in [-0.2, -0.15) is 13.9 Å². The molecular formula is C30H18BrCl2F2N3O6S. The molecule has 0 bridgehead atoms. The molecule has 0 aliphatic carbocycles. The summed E-state index contributed by atoms with van der Waals surface area (Å²) in [5.41, 5.74) is 1.87. The van der Waals surface area contributed by atoms with E-state index in [0.717, 1.165) is 0 Å². The quantitative estimate of drug-likeness (QED) is 0.147. The van der Waals surface area contributed by atoms with E-state index < -0.39 is 18.0 Å². The van der Waals surface area contributed by atoms with Crippen molar-refractivity contribution in [2.45, 2.75) is 12.7 Å². The molecule has 1 heterocycles. The van der Waals surface area contributed by atoms with Gasteiger partial charge in [0.05, 0.1) is 32.3 Å².